The van der Waals surface area contributed by atoms with E-state index in [1.165, 1.54) is 5.56 Å². The summed E-state index contributed by atoms with van der Waals surface area (Å²) in [7, 11) is 1.70. The van der Waals surface area contributed by atoms with Crippen molar-refractivity contribution in [3.8, 4) is 5.75 Å². The molecule has 0 saturated carbocycles. The molecule has 2 rings (SSSR count). The Morgan fingerprint density at radius 1 is 1.44 bits per heavy atom. The molecule has 1 unspecified atom stereocenters. The minimum absolute atomic E-state index is 0.307. The molecule has 0 spiro atoms. The van der Waals surface area contributed by atoms with Gasteiger partial charge in [-0.1, -0.05) is 12.1 Å². The van der Waals surface area contributed by atoms with Crippen molar-refractivity contribution in [2.24, 2.45) is 0 Å². The first kappa shape index (κ1) is 13.1. The molecule has 1 atom stereocenters. The molecule has 18 heavy (non-hydrogen) atoms. The average Bonchev–Trinajstić information content (AvgIpc) is 2.93. The van der Waals surface area contributed by atoms with Crippen LogP contribution in [0.1, 0.15) is 24.2 Å². The fourth-order valence-corrected chi connectivity index (χ4v) is 2.45. The van der Waals surface area contributed by atoms with Gasteiger partial charge in [0.05, 0.1) is 18.3 Å². The zero-order valence-corrected chi connectivity index (χ0v) is 11.5. The van der Waals surface area contributed by atoms with Gasteiger partial charge in [-0.25, -0.2) is 4.98 Å². The first-order valence-corrected chi connectivity index (χ1v) is 6.98. The molecule has 3 nitrogen and oxygen atoms in total. The van der Waals surface area contributed by atoms with E-state index in [0.29, 0.717) is 6.04 Å². The van der Waals surface area contributed by atoms with Gasteiger partial charge >= 0.3 is 0 Å². The number of benzene rings is 1. The predicted molar refractivity (Wildman–Crippen MR) is 75.2 cm³/mol. The molecule has 96 valence electrons. The van der Waals surface area contributed by atoms with Gasteiger partial charge in [0.25, 0.3) is 0 Å². The number of rotatable bonds is 6. The van der Waals surface area contributed by atoms with Gasteiger partial charge < -0.3 is 10.1 Å². The van der Waals surface area contributed by atoms with Gasteiger partial charge in [0.15, 0.2) is 0 Å². The summed E-state index contributed by atoms with van der Waals surface area (Å²) in [5, 5.41) is 5.56. The smallest absolute Gasteiger partial charge is 0.119 e. The first-order valence-electron chi connectivity index (χ1n) is 6.04. The Morgan fingerprint density at radius 2 is 2.33 bits per heavy atom. The van der Waals surface area contributed by atoms with Crippen LogP contribution in [0.25, 0.3) is 0 Å². The molecule has 0 fully saturated rings. The highest BCUT2D eigenvalue weighted by atomic mass is 32.1. The average molecular weight is 262 g/mol. The van der Waals surface area contributed by atoms with Crippen molar-refractivity contribution in [1.82, 2.24) is 10.3 Å². The molecule has 0 radical (unpaired) electrons. The van der Waals surface area contributed by atoms with Crippen LogP contribution in [0.5, 0.6) is 5.75 Å². The normalized spacial score (nSPS) is 12.3. The number of nitrogens with one attached hydrogen (secondary N) is 1. The van der Waals surface area contributed by atoms with Crippen LogP contribution in [-0.4, -0.2) is 18.6 Å². The topological polar surface area (TPSA) is 34.1 Å². The third-order valence-electron chi connectivity index (χ3n) is 2.89. The lowest BCUT2D eigenvalue weighted by molar-refractivity contribution is 0.414. The maximum atomic E-state index is 5.21. The summed E-state index contributed by atoms with van der Waals surface area (Å²) in [6.45, 7) is 3.08. The van der Waals surface area contributed by atoms with Crippen molar-refractivity contribution in [1.29, 1.82) is 0 Å². The number of nitrogens with zero attached hydrogens (tertiary/aromatic N) is 1. The molecule has 0 bridgehead atoms. The summed E-state index contributed by atoms with van der Waals surface area (Å²) in [4.78, 5) is 4.31. The fourth-order valence-electron chi connectivity index (χ4n) is 1.80. The highest BCUT2D eigenvalue weighted by Crippen LogP contribution is 2.14. The lowest BCUT2D eigenvalue weighted by atomic mass is 10.1. The van der Waals surface area contributed by atoms with Gasteiger partial charge in [-0.3, -0.25) is 0 Å². The van der Waals surface area contributed by atoms with Crippen LogP contribution < -0.4 is 10.1 Å². The van der Waals surface area contributed by atoms with Crippen molar-refractivity contribution >= 4 is 11.3 Å². The van der Waals surface area contributed by atoms with Gasteiger partial charge in [0.1, 0.15) is 5.75 Å². The number of methoxy groups -OCH3 is 1. The maximum Gasteiger partial charge on any atom is 0.119 e. The summed E-state index contributed by atoms with van der Waals surface area (Å²) in [5.74, 6) is 0.917. The van der Waals surface area contributed by atoms with Crippen molar-refractivity contribution in [2.75, 3.05) is 13.7 Å². The molecular formula is C14H18N2OS. The Balaban J connectivity index is 1.81. The summed E-state index contributed by atoms with van der Waals surface area (Å²) in [6, 6.07) is 8.50. The lowest BCUT2D eigenvalue weighted by Gasteiger charge is -2.11. The fraction of sp³-hybridized carbons (Fsp3) is 0.357. The van der Waals surface area contributed by atoms with Crippen LogP contribution in [0.3, 0.4) is 0 Å². The monoisotopic (exact) mass is 262 g/mol. The molecule has 0 amide bonds. The maximum absolute atomic E-state index is 5.21. The minimum atomic E-state index is 0.307. The van der Waals surface area contributed by atoms with Crippen molar-refractivity contribution in [3.63, 3.8) is 0 Å². The lowest BCUT2D eigenvalue weighted by Crippen LogP contribution is -2.21. The van der Waals surface area contributed by atoms with E-state index in [1.807, 2.05) is 17.6 Å². The Kier molecular flexibility index (Phi) is 4.73. The number of hydrogen-bond donors (Lipinski definition) is 1. The van der Waals surface area contributed by atoms with Crippen LogP contribution in [0.4, 0.5) is 0 Å². The van der Waals surface area contributed by atoms with E-state index in [-0.39, 0.29) is 0 Å². The number of thiazole rings is 1. The molecule has 4 heteroatoms. The first-order chi connectivity index (χ1) is 8.79. The Morgan fingerprint density at radius 3 is 3.06 bits per heavy atom. The molecule has 0 aliphatic rings. The summed E-state index contributed by atoms with van der Waals surface area (Å²) in [5.41, 5.74) is 4.27. The summed E-state index contributed by atoms with van der Waals surface area (Å²) < 4.78 is 5.21. The Hall–Kier alpha value is -1.39. The van der Waals surface area contributed by atoms with Crippen LogP contribution in [-0.2, 0) is 6.42 Å². The Bertz CT molecular complexity index is 470. The molecule has 1 aromatic carbocycles. The second-order valence-corrected chi connectivity index (χ2v) is 4.91. The summed E-state index contributed by atoms with van der Waals surface area (Å²) in [6.07, 6.45) is 0.992. The molecule has 0 saturated heterocycles. The van der Waals surface area contributed by atoms with Crippen molar-refractivity contribution < 1.29 is 4.74 Å². The van der Waals surface area contributed by atoms with Crippen molar-refractivity contribution in [3.05, 3.63) is 46.4 Å². The van der Waals surface area contributed by atoms with E-state index in [1.54, 1.807) is 18.4 Å². The molecule has 0 aliphatic heterocycles. The van der Waals surface area contributed by atoms with Crippen LogP contribution in [0.2, 0.25) is 0 Å². The van der Waals surface area contributed by atoms with Gasteiger partial charge in [0, 0.05) is 11.4 Å². The highest BCUT2D eigenvalue weighted by molar-refractivity contribution is 7.07. The third-order valence-corrected chi connectivity index (χ3v) is 3.50. The van der Waals surface area contributed by atoms with E-state index in [2.05, 4.69) is 34.7 Å². The van der Waals surface area contributed by atoms with E-state index in [0.717, 1.165) is 24.4 Å². The van der Waals surface area contributed by atoms with E-state index < -0.39 is 0 Å². The second kappa shape index (κ2) is 6.52. The van der Waals surface area contributed by atoms with Gasteiger partial charge in [-0.05, 0) is 37.6 Å². The van der Waals surface area contributed by atoms with E-state index in [9.17, 15) is 0 Å². The molecule has 2 aromatic rings. The van der Waals surface area contributed by atoms with Gasteiger partial charge in [-0.2, -0.15) is 0 Å². The SMILES string of the molecule is COc1cccc(CCNC(C)c2cscn2)c1. The number of aromatic nitrogens is 1. The largest absolute Gasteiger partial charge is 0.497 e. The molecule has 1 N–H and O–H groups in total. The molecule has 1 heterocycles. The predicted octanol–water partition coefficient (Wildman–Crippen LogP) is 3.05. The van der Waals surface area contributed by atoms with E-state index >= 15 is 0 Å². The zero-order chi connectivity index (χ0) is 12.8. The third kappa shape index (κ3) is 3.55. The minimum Gasteiger partial charge on any atom is -0.497 e. The Labute approximate surface area is 112 Å². The summed E-state index contributed by atoms with van der Waals surface area (Å²) >= 11 is 1.64. The van der Waals surface area contributed by atoms with Crippen molar-refractivity contribution in [2.45, 2.75) is 19.4 Å². The number of hydrogen-bond acceptors (Lipinski definition) is 4. The zero-order valence-electron chi connectivity index (χ0n) is 10.7. The highest BCUT2D eigenvalue weighted by Gasteiger charge is 2.05. The van der Waals surface area contributed by atoms with Crippen LogP contribution in [0.15, 0.2) is 35.2 Å². The van der Waals surface area contributed by atoms with Crippen LogP contribution >= 0.6 is 11.3 Å². The standard InChI is InChI=1S/C14H18N2OS/c1-11(14-9-18-10-16-14)15-7-6-12-4-3-5-13(8-12)17-2/h3-5,8-11,15H,6-7H2,1-2H3. The van der Waals surface area contributed by atoms with E-state index in [4.69, 9.17) is 4.74 Å². The second-order valence-electron chi connectivity index (χ2n) is 4.19. The molecule has 1 aromatic heterocycles. The van der Waals surface area contributed by atoms with Crippen LogP contribution in [0, 0.1) is 0 Å². The van der Waals surface area contributed by atoms with Gasteiger partial charge in [-0.15, -0.1) is 11.3 Å². The van der Waals surface area contributed by atoms with Gasteiger partial charge in [0.2, 0.25) is 0 Å². The number of ether oxygens (including phenoxy) is 1. The molecule has 0 aliphatic carbocycles. The molecular weight excluding hydrogens is 244 g/mol. The quantitative estimate of drug-likeness (QED) is 0.869.